The lowest BCUT2D eigenvalue weighted by atomic mass is 9.85. The van der Waals surface area contributed by atoms with Crippen LogP contribution in [0, 0.1) is 0 Å². The van der Waals surface area contributed by atoms with Crippen LogP contribution in [0.25, 0.3) is 0 Å². The lowest BCUT2D eigenvalue weighted by Gasteiger charge is -2.36. The maximum absolute atomic E-state index is 13.9. The smallest absolute Gasteiger partial charge is 0.243 e. The number of Topliss-reactive ketones (excluding diaryl/α,β-unsaturated/α-hetero) is 1. The van der Waals surface area contributed by atoms with Crippen LogP contribution in [-0.2, 0) is 39.8 Å². The van der Waals surface area contributed by atoms with Gasteiger partial charge in [-0.1, -0.05) is 12.1 Å². The normalized spacial score (nSPS) is 24.5. The monoisotopic (exact) mass is 616 g/mol. The molecule has 12 heteroatoms. The summed E-state index contributed by atoms with van der Waals surface area (Å²) in [5.41, 5.74) is -0.206. The first-order valence-corrected chi connectivity index (χ1v) is 15.8. The first kappa shape index (κ1) is 33.8. The minimum absolute atomic E-state index is 0.146. The number of ether oxygens (including phenoxy) is 4. The van der Waals surface area contributed by atoms with E-state index >= 15 is 0 Å². The van der Waals surface area contributed by atoms with Gasteiger partial charge in [0.25, 0.3) is 0 Å². The molecule has 12 nitrogen and oxygen atoms in total. The molecular formula is C32H48N4O8. The zero-order valence-electron chi connectivity index (χ0n) is 26.2. The van der Waals surface area contributed by atoms with E-state index in [1.54, 1.807) is 33.1 Å². The van der Waals surface area contributed by atoms with Gasteiger partial charge in [-0.05, 0) is 63.6 Å². The van der Waals surface area contributed by atoms with Crippen LogP contribution in [0.2, 0.25) is 0 Å². The van der Waals surface area contributed by atoms with E-state index in [0.29, 0.717) is 58.1 Å². The second-order valence-corrected chi connectivity index (χ2v) is 12.1. The summed E-state index contributed by atoms with van der Waals surface area (Å²) in [6, 6.07) is 4.49. The molecule has 0 saturated carbocycles. The molecule has 1 aromatic carbocycles. The van der Waals surface area contributed by atoms with Gasteiger partial charge in [-0.25, -0.2) is 0 Å². The Bertz CT molecular complexity index is 1110. The second-order valence-electron chi connectivity index (χ2n) is 12.1. The lowest BCUT2D eigenvalue weighted by Crippen LogP contribution is -2.59. The van der Waals surface area contributed by atoms with Crippen molar-refractivity contribution in [3.63, 3.8) is 0 Å². The maximum Gasteiger partial charge on any atom is 0.243 e. The van der Waals surface area contributed by atoms with Crippen LogP contribution >= 0.6 is 0 Å². The van der Waals surface area contributed by atoms with Gasteiger partial charge in [0.05, 0.1) is 39.0 Å². The fourth-order valence-corrected chi connectivity index (χ4v) is 5.91. The molecule has 3 fully saturated rings. The van der Waals surface area contributed by atoms with E-state index < -0.39 is 35.5 Å². The number of hydrogen-bond acceptors (Lipinski definition) is 9. The summed E-state index contributed by atoms with van der Waals surface area (Å²) in [5, 5.41) is 8.52. The summed E-state index contributed by atoms with van der Waals surface area (Å²) >= 11 is 0. The molecule has 0 bridgehead atoms. The number of amides is 3. The Labute approximate surface area is 259 Å². The number of methoxy groups -OCH3 is 1. The highest BCUT2D eigenvalue weighted by molar-refractivity contribution is 5.97. The van der Waals surface area contributed by atoms with E-state index in [0.717, 1.165) is 31.2 Å². The fraction of sp³-hybridized carbons (Fsp3) is 0.688. The van der Waals surface area contributed by atoms with Gasteiger partial charge in [-0.2, -0.15) is 0 Å². The quantitative estimate of drug-likeness (QED) is 0.280. The van der Waals surface area contributed by atoms with Gasteiger partial charge in [-0.3, -0.25) is 24.1 Å². The molecule has 5 atom stereocenters. The molecule has 4 rings (SSSR count). The van der Waals surface area contributed by atoms with Crippen LogP contribution in [0.4, 0.5) is 0 Å². The highest BCUT2D eigenvalue weighted by Crippen LogP contribution is 2.29. The Balaban J connectivity index is 1.47. The van der Waals surface area contributed by atoms with E-state index in [1.165, 1.54) is 0 Å². The van der Waals surface area contributed by atoms with Crippen LogP contribution < -0.4 is 20.7 Å². The number of rotatable bonds is 14. The van der Waals surface area contributed by atoms with E-state index in [2.05, 4.69) is 16.0 Å². The fourth-order valence-electron chi connectivity index (χ4n) is 5.91. The first-order chi connectivity index (χ1) is 21.2. The molecule has 3 aliphatic heterocycles. The highest BCUT2D eigenvalue weighted by Gasteiger charge is 2.42. The summed E-state index contributed by atoms with van der Waals surface area (Å²) < 4.78 is 22.4. The molecule has 0 spiro atoms. The number of hydrogen-bond donors (Lipinski definition) is 3. The summed E-state index contributed by atoms with van der Waals surface area (Å²) in [6.07, 6.45) is 4.41. The van der Waals surface area contributed by atoms with Gasteiger partial charge >= 0.3 is 0 Å². The molecule has 44 heavy (non-hydrogen) atoms. The van der Waals surface area contributed by atoms with Crippen LogP contribution in [-0.4, -0.2) is 111 Å². The van der Waals surface area contributed by atoms with Crippen molar-refractivity contribution >= 4 is 23.5 Å². The largest absolute Gasteiger partial charge is 0.497 e. The summed E-state index contributed by atoms with van der Waals surface area (Å²) in [6.45, 7) is 7.07. The molecule has 3 amide bonds. The molecule has 5 unspecified atom stereocenters. The van der Waals surface area contributed by atoms with Crippen molar-refractivity contribution in [2.45, 2.75) is 88.6 Å². The molecule has 0 radical (unpaired) electrons. The molecule has 3 N–H and O–H groups in total. The number of nitrogens with zero attached hydrogens (tertiary/aromatic N) is 1. The van der Waals surface area contributed by atoms with Gasteiger partial charge in [0.1, 0.15) is 23.4 Å². The van der Waals surface area contributed by atoms with Crippen molar-refractivity contribution in [3.8, 4) is 5.75 Å². The van der Waals surface area contributed by atoms with E-state index in [1.807, 2.05) is 17.0 Å². The topological polar surface area (TPSA) is 145 Å². The van der Waals surface area contributed by atoms with E-state index in [-0.39, 0.29) is 30.8 Å². The average Bonchev–Trinajstić information content (AvgIpc) is 3.54. The molecular weight excluding hydrogens is 568 g/mol. The zero-order chi connectivity index (χ0) is 31.5. The number of nitrogens with one attached hydrogen (secondary N) is 3. The number of benzene rings is 1. The van der Waals surface area contributed by atoms with Gasteiger partial charge in [-0.15, -0.1) is 0 Å². The number of ketones is 1. The number of carbonyl (C=O) groups excluding carboxylic acids is 4. The summed E-state index contributed by atoms with van der Waals surface area (Å²) in [7, 11) is 1.57. The molecule has 244 valence electrons. The highest BCUT2D eigenvalue weighted by atomic mass is 16.5. The van der Waals surface area contributed by atoms with Crippen LogP contribution in [0.15, 0.2) is 24.3 Å². The second kappa shape index (κ2) is 16.3. The molecule has 3 aliphatic rings. The molecule has 0 aliphatic carbocycles. The molecule has 1 aromatic rings. The summed E-state index contributed by atoms with van der Waals surface area (Å²) in [4.78, 5) is 55.7. The Morgan fingerprint density at radius 2 is 1.68 bits per heavy atom. The Morgan fingerprint density at radius 1 is 0.955 bits per heavy atom. The van der Waals surface area contributed by atoms with E-state index in [9.17, 15) is 19.2 Å². The average molecular weight is 617 g/mol. The third-order valence-electron chi connectivity index (χ3n) is 8.62. The maximum atomic E-state index is 13.9. The van der Waals surface area contributed by atoms with E-state index in [4.69, 9.17) is 18.9 Å². The van der Waals surface area contributed by atoms with Crippen molar-refractivity contribution in [2.24, 2.45) is 0 Å². The van der Waals surface area contributed by atoms with Crippen molar-refractivity contribution in [3.05, 3.63) is 29.8 Å². The number of morpholine rings is 1. The van der Waals surface area contributed by atoms with Crippen LogP contribution in [0.1, 0.15) is 57.9 Å². The van der Waals surface area contributed by atoms with Gasteiger partial charge in [0, 0.05) is 39.1 Å². The Morgan fingerprint density at radius 3 is 2.32 bits per heavy atom. The summed E-state index contributed by atoms with van der Waals surface area (Å²) in [5.74, 6) is -0.790. The third kappa shape index (κ3) is 9.72. The van der Waals surface area contributed by atoms with Crippen molar-refractivity contribution in [1.82, 2.24) is 20.9 Å². The minimum Gasteiger partial charge on any atom is -0.497 e. The van der Waals surface area contributed by atoms with Crippen molar-refractivity contribution in [1.29, 1.82) is 0 Å². The first-order valence-electron chi connectivity index (χ1n) is 15.8. The van der Waals surface area contributed by atoms with Gasteiger partial charge in [0.15, 0.2) is 5.78 Å². The SMILES string of the molecule is COc1ccc(CC(NC(=O)C(C)NC(=O)CN2CCOCC2)C(=O)NC(CC2CCCO2)C(=O)C2(C)CCCCO2)cc1. The Kier molecular flexibility index (Phi) is 12.5. The van der Waals surface area contributed by atoms with Gasteiger partial charge in [0.2, 0.25) is 17.7 Å². The standard InChI is InChI=1S/C32H48N4O8/c1-22(33-28(37)21-36-13-17-42-18-14-36)30(39)35-27(19-23-8-10-24(41-3)11-9-23)31(40)34-26(20-25-7-6-15-43-25)29(38)32(2)12-4-5-16-44-32/h8-11,22,25-27H,4-7,12-21H2,1-3H3,(H,33,37)(H,34,40)(H,35,39). The predicted molar refractivity (Wildman–Crippen MR) is 162 cm³/mol. The molecule has 3 heterocycles. The van der Waals surface area contributed by atoms with Crippen molar-refractivity contribution < 1.29 is 38.1 Å². The Hall–Kier alpha value is -3.06. The molecule has 3 saturated heterocycles. The van der Waals surface area contributed by atoms with Gasteiger partial charge < -0.3 is 34.9 Å². The lowest BCUT2D eigenvalue weighted by molar-refractivity contribution is -0.152. The zero-order valence-corrected chi connectivity index (χ0v) is 26.2. The molecule has 0 aromatic heterocycles. The number of carbonyl (C=O) groups is 4. The van der Waals surface area contributed by atoms with Crippen LogP contribution in [0.3, 0.4) is 0 Å². The predicted octanol–water partition coefficient (Wildman–Crippen LogP) is 1.14. The minimum atomic E-state index is -1.01. The van der Waals surface area contributed by atoms with Crippen LogP contribution in [0.5, 0.6) is 5.75 Å². The third-order valence-corrected chi connectivity index (χ3v) is 8.62. The van der Waals surface area contributed by atoms with Crippen molar-refractivity contribution in [2.75, 3.05) is 53.2 Å².